The van der Waals surface area contributed by atoms with Gasteiger partial charge in [-0.25, -0.2) is 14.3 Å². The number of carbonyl (C=O) groups is 1. The second kappa shape index (κ2) is 3.68. The van der Waals surface area contributed by atoms with E-state index < -0.39 is 0 Å². The molecule has 78 valence electrons. The maximum absolute atomic E-state index is 11.7. The van der Waals surface area contributed by atoms with Crippen LogP contribution in [0.25, 0.3) is 5.65 Å². The molecule has 0 aliphatic carbocycles. The molecule has 5 heteroatoms. The molecule has 2 aromatic rings. The van der Waals surface area contributed by atoms with Gasteiger partial charge in [-0.05, 0) is 13.8 Å². The number of aromatic nitrogens is 3. The van der Waals surface area contributed by atoms with Gasteiger partial charge in [0.1, 0.15) is 0 Å². The van der Waals surface area contributed by atoms with Gasteiger partial charge in [0.05, 0.1) is 12.8 Å². The van der Waals surface area contributed by atoms with Crippen molar-refractivity contribution in [2.24, 2.45) is 0 Å². The van der Waals surface area contributed by atoms with Crippen LogP contribution in [0.4, 0.5) is 0 Å². The van der Waals surface area contributed by atoms with E-state index in [-0.39, 0.29) is 5.97 Å². The molecule has 0 amide bonds. The summed E-state index contributed by atoms with van der Waals surface area (Å²) in [4.78, 5) is 15.8. The van der Waals surface area contributed by atoms with E-state index in [0.29, 0.717) is 17.9 Å². The Morgan fingerprint density at radius 2 is 2.40 bits per heavy atom. The van der Waals surface area contributed by atoms with Gasteiger partial charge < -0.3 is 4.74 Å². The van der Waals surface area contributed by atoms with Gasteiger partial charge in [-0.15, -0.1) is 0 Å². The molecule has 0 radical (unpaired) electrons. The van der Waals surface area contributed by atoms with Crippen LogP contribution in [0.1, 0.15) is 23.0 Å². The predicted octanol–water partition coefficient (Wildman–Crippen LogP) is 1.21. The van der Waals surface area contributed by atoms with Crippen LogP contribution in [0.5, 0.6) is 0 Å². The van der Waals surface area contributed by atoms with Crippen molar-refractivity contribution in [3.63, 3.8) is 0 Å². The van der Waals surface area contributed by atoms with E-state index in [0.717, 1.165) is 5.56 Å². The van der Waals surface area contributed by atoms with Crippen LogP contribution in [0.3, 0.4) is 0 Å². The third kappa shape index (κ3) is 1.56. The lowest BCUT2D eigenvalue weighted by atomic mass is 10.2. The highest BCUT2D eigenvalue weighted by molar-refractivity contribution is 5.89. The highest BCUT2D eigenvalue weighted by atomic mass is 16.5. The minimum absolute atomic E-state index is 0.351. The molecule has 0 saturated heterocycles. The largest absolute Gasteiger partial charge is 0.461 e. The number of ether oxygens (including phenoxy) is 1. The number of hydrogen-bond donors (Lipinski definition) is 0. The van der Waals surface area contributed by atoms with Crippen molar-refractivity contribution >= 4 is 11.6 Å². The van der Waals surface area contributed by atoms with E-state index in [1.165, 1.54) is 4.52 Å². The number of aryl methyl sites for hydroxylation is 1. The third-order valence-electron chi connectivity index (χ3n) is 2.07. The van der Waals surface area contributed by atoms with Crippen molar-refractivity contribution in [2.45, 2.75) is 13.8 Å². The van der Waals surface area contributed by atoms with Gasteiger partial charge in [0, 0.05) is 17.8 Å². The summed E-state index contributed by atoms with van der Waals surface area (Å²) >= 11 is 0. The van der Waals surface area contributed by atoms with Gasteiger partial charge in [0.25, 0.3) is 0 Å². The quantitative estimate of drug-likeness (QED) is 0.691. The van der Waals surface area contributed by atoms with Crippen LogP contribution in [-0.2, 0) is 4.74 Å². The summed E-state index contributed by atoms with van der Waals surface area (Å²) in [6.45, 7) is 3.93. The van der Waals surface area contributed by atoms with Crippen LogP contribution in [0.2, 0.25) is 0 Å². The molecular weight excluding hydrogens is 194 g/mol. The minimum atomic E-state index is -0.369. The normalized spacial score (nSPS) is 10.5. The molecule has 0 aromatic carbocycles. The molecule has 2 aromatic heterocycles. The molecule has 0 fully saturated rings. The first-order chi connectivity index (χ1) is 7.24. The van der Waals surface area contributed by atoms with Crippen LogP contribution >= 0.6 is 0 Å². The molecule has 0 aliphatic rings. The Bertz CT molecular complexity index is 504. The maximum Gasteiger partial charge on any atom is 0.357 e. The lowest BCUT2D eigenvalue weighted by Gasteiger charge is -2.06. The zero-order valence-corrected chi connectivity index (χ0v) is 8.60. The number of carbonyl (C=O) groups excluding carboxylic acids is 1. The topological polar surface area (TPSA) is 56.5 Å². The first-order valence-electron chi connectivity index (χ1n) is 4.70. The number of esters is 1. The zero-order chi connectivity index (χ0) is 10.8. The highest BCUT2D eigenvalue weighted by Crippen LogP contribution is 2.10. The Hall–Kier alpha value is -1.91. The summed E-state index contributed by atoms with van der Waals surface area (Å²) in [5, 5.41) is 4.04. The van der Waals surface area contributed by atoms with Gasteiger partial charge in [-0.2, -0.15) is 5.10 Å². The van der Waals surface area contributed by atoms with E-state index in [2.05, 4.69) is 10.1 Å². The van der Waals surface area contributed by atoms with Gasteiger partial charge in [-0.1, -0.05) is 0 Å². The summed E-state index contributed by atoms with van der Waals surface area (Å²) in [6.07, 6.45) is 3.24. The number of rotatable bonds is 2. The van der Waals surface area contributed by atoms with Crippen molar-refractivity contribution < 1.29 is 9.53 Å². The van der Waals surface area contributed by atoms with Gasteiger partial charge in [-0.3, -0.25) is 0 Å². The Morgan fingerprint density at radius 1 is 1.60 bits per heavy atom. The molecular formula is C10H11N3O2. The first kappa shape index (κ1) is 9.64. The number of fused-ring (bicyclic) bond motifs is 1. The summed E-state index contributed by atoms with van der Waals surface area (Å²) in [5.41, 5.74) is 1.83. The monoisotopic (exact) mass is 205 g/mol. The predicted molar refractivity (Wildman–Crippen MR) is 53.7 cm³/mol. The average molecular weight is 205 g/mol. The standard InChI is InChI=1S/C10H11N3O2/c1-3-15-10(14)9-7(2)6-11-8-4-5-12-13(8)9/h4-6H,3H2,1-2H3. The van der Waals surface area contributed by atoms with Crippen molar-refractivity contribution in [1.29, 1.82) is 0 Å². The lowest BCUT2D eigenvalue weighted by Crippen LogP contribution is -2.13. The molecule has 2 rings (SSSR count). The Labute approximate surface area is 86.7 Å². The zero-order valence-electron chi connectivity index (χ0n) is 8.60. The van der Waals surface area contributed by atoms with E-state index in [4.69, 9.17) is 4.74 Å². The molecule has 0 bridgehead atoms. The van der Waals surface area contributed by atoms with E-state index in [1.807, 2.05) is 0 Å². The molecule has 0 spiro atoms. The molecule has 5 nitrogen and oxygen atoms in total. The smallest absolute Gasteiger partial charge is 0.357 e. The fraction of sp³-hybridized carbons (Fsp3) is 0.300. The SMILES string of the molecule is CCOC(=O)c1c(C)cnc2ccnn12. The average Bonchev–Trinajstić information content (AvgIpc) is 2.65. The van der Waals surface area contributed by atoms with Crippen molar-refractivity contribution in [1.82, 2.24) is 14.6 Å². The molecule has 0 aliphatic heterocycles. The summed E-state index contributed by atoms with van der Waals surface area (Å²) in [7, 11) is 0. The van der Waals surface area contributed by atoms with Gasteiger partial charge in [0.15, 0.2) is 11.3 Å². The van der Waals surface area contributed by atoms with Crippen LogP contribution in [0, 0.1) is 6.92 Å². The Balaban J connectivity index is 2.61. The van der Waals surface area contributed by atoms with Crippen molar-refractivity contribution in [3.8, 4) is 0 Å². The highest BCUT2D eigenvalue weighted by Gasteiger charge is 2.15. The van der Waals surface area contributed by atoms with Gasteiger partial charge in [0.2, 0.25) is 0 Å². The van der Waals surface area contributed by atoms with E-state index >= 15 is 0 Å². The second-order valence-corrected chi connectivity index (χ2v) is 3.11. The first-order valence-corrected chi connectivity index (χ1v) is 4.70. The molecule has 0 saturated carbocycles. The summed E-state index contributed by atoms with van der Waals surface area (Å²) < 4.78 is 6.45. The van der Waals surface area contributed by atoms with E-state index in [9.17, 15) is 4.79 Å². The maximum atomic E-state index is 11.7. The van der Waals surface area contributed by atoms with Crippen molar-refractivity contribution in [3.05, 3.63) is 29.7 Å². The van der Waals surface area contributed by atoms with Crippen LogP contribution in [-0.4, -0.2) is 27.2 Å². The lowest BCUT2D eigenvalue weighted by molar-refractivity contribution is 0.0515. The second-order valence-electron chi connectivity index (χ2n) is 3.11. The fourth-order valence-corrected chi connectivity index (χ4v) is 1.40. The summed E-state index contributed by atoms with van der Waals surface area (Å²) in [6, 6.07) is 1.74. The molecule has 0 N–H and O–H groups in total. The summed E-state index contributed by atoms with van der Waals surface area (Å²) in [5.74, 6) is -0.369. The van der Waals surface area contributed by atoms with Crippen LogP contribution < -0.4 is 0 Å². The molecule has 2 heterocycles. The molecule has 0 unspecified atom stereocenters. The Morgan fingerprint density at radius 3 is 3.13 bits per heavy atom. The number of nitrogens with zero attached hydrogens (tertiary/aromatic N) is 3. The van der Waals surface area contributed by atoms with Crippen molar-refractivity contribution in [2.75, 3.05) is 6.61 Å². The fourth-order valence-electron chi connectivity index (χ4n) is 1.40. The number of hydrogen-bond acceptors (Lipinski definition) is 4. The van der Waals surface area contributed by atoms with E-state index in [1.54, 1.807) is 32.3 Å². The Kier molecular flexibility index (Phi) is 2.37. The molecule has 0 atom stereocenters. The van der Waals surface area contributed by atoms with Gasteiger partial charge >= 0.3 is 5.97 Å². The third-order valence-corrected chi connectivity index (χ3v) is 2.07. The molecule has 15 heavy (non-hydrogen) atoms. The minimum Gasteiger partial charge on any atom is -0.461 e. The van der Waals surface area contributed by atoms with Crippen LogP contribution in [0.15, 0.2) is 18.5 Å².